The molecule has 3 aliphatic heterocycles. The van der Waals surface area contributed by atoms with E-state index in [9.17, 15) is 5.11 Å². The first kappa shape index (κ1) is 17.3. The molecule has 0 radical (unpaired) electrons. The van der Waals surface area contributed by atoms with Crippen LogP contribution in [0.4, 0.5) is 0 Å². The third-order valence-corrected chi connectivity index (χ3v) is 6.24. The van der Waals surface area contributed by atoms with Crippen LogP contribution in [0.15, 0.2) is 55.8 Å². The smallest absolute Gasteiger partial charge is 0.119 e. The van der Waals surface area contributed by atoms with Crippen LogP contribution in [-0.4, -0.2) is 41.2 Å². The summed E-state index contributed by atoms with van der Waals surface area (Å²) in [4.78, 5) is 6.85. The van der Waals surface area contributed by atoms with Gasteiger partial charge in [-0.2, -0.15) is 0 Å². The molecule has 3 saturated heterocycles. The molecule has 3 unspecified atom stereocenters. The lowest BCUT2D eigenvalue weighted by Crippen LogP contribution is -2.58. The summed E-state index contributed by atoms with van der Waals surface area (Å²) in [5.41, 5.74) is 1.81. The van der Waals surface area contributed by atoms with Gasteiger partial charge in [-0.25, -0.2) is 0 Å². The van der Waals surface area contributed by atoms with Crippen LogP contribution >= 0.6 is 0 Å². The number of piperidine rings is 3. The number of nitrogens with zero attached hydrogens (tertiary/aromatic N) is 2. The Bertz CT molecular complexity index is 816. The van der Waals surface area contributed by atoms with Crippen molar-refractivity contribution in [2.45, 2.75) is 18.6 Å². The second-order valence-electron chi connectivity index (χ2n) is 7.45. The minimum atomic E-state index is -0.549. The molecule has 4 nitrogen and oxygen atoms in total. The van der Waals surface area contributed by atoms with Crippen LogP contribution in [0.5, 0.6) is 5.75 Å². The number of fused-ring (bicyclic) bond motifs is 4. The number of benzene rings is 1. The standard InChI is InChI=1S/C22H26N2O2/c1-4-14-12-24-13-15(5-2)18(14)11-21(24)22(25)17-8-9-23-20-7-6-16(26-3)10-19(17)20/h4-10,14-15,18,21-22,25H,1-2,11-13H2,3H3/t14-,15?,18?,21+,22-/m0/s1. The van der Waals surface area contributed by atoms with E-state index in [0.717, 1.165) is 41.7 Å². The van der Waals surface area contributed by atoms with Crippen LogP contribution in [0.1, 0.15) is 18.1 Å². The molecular weight excluding hydrogens is 324 g/mol. The highest BCUT2D eigenvalue weighted by Crippen LogP contribution is 2.45. The van der Waals surface area contributed by atoms with Gasteiger partial charge in [0.1, 0.15) is 5.75 Å². The summed E-state index contributed by atoms with van der Waals surface area (Å²) in [6, 6.07) is 7.87. The molecule has 2 aromatic rings. The Hall–Kier alpha value is -2.17. The van der Waals surface area contributed by atoms with Crippen LogP contribution in [0, 0.1) is 17.8 Å². The highest BCUT2D eigenvalue weighted by atomic mass is 16.5. The Morgan fingerprint density at radius 1 is 1.23 bits per heavy atom. The number of hydrogen-bond donors (Lipinski definition) is 1. The number of aliphatic hydroxyl groups excluding tert-OH is 1. The van der Waals surface area contributed by atoms with E-state index < -0.39 is 6.10 Å². The Kier molecular flexibility index (Phi) is 4.55. The maximum absolute atomic E-state index is 11.3. The molecule has 4 heterocycles. The molecule has 5 rings (SSSR count). The minimum absolute atomic E-state index is 0.115. The molecule has 0 saturated carbocycles. The number of rotatable bonds is 5. The first-order valence-electron chi connectivity index (χ1n) is 9.26. The lowest BCUT2D eigenvalue weighted by atomic mass is 9.68. The largest absolute Gasteiger partial charge is 0.497 e. The Morgan fingerprint density at radius 3 is 2.58 bits per heavy atom. The predicted octanol–water partition coefficient (Wildman–Crippen LogP) is 3.59. The highest BCUT2D eigenvalue weighted by molar-refractivity contribution is 5.83. The topological polar surface area (TPSA) is 45.6 Å². The van der Waals surface area contributed by atoms with E-state index in [4.69, 9.17) is 4.74 Å². The third-order valence-electron chi connectivity index (χ3n) is 6.24. The molecule has 1 aromatic heterocycles. The number of methoxy groups -OCH3 is 1. The molecule has 0 aliphatic carbocycles. The molecule has 6 atom stereocenters. The van der Waals surface area contributed by atoms with E-state index in [2.05, 4.69) is 35.2 Å². The lowest BCUT2D eigenvalue weighted by Gasteiger charge is -2.53. The zero-order valence-electron chi connectivity index (χ0n) is 15.2. The lowest BCUT2D eigenvalue weighted by molar-refractivity contribution is -0.0636. The summed E-state index contributed by atoms with van der Waals surface area (Å²) in [6.07, 6.45) is 6.34. The Labute approximate surface area is 154 Å². The van der Waals surface area contributed by atoms with Gasteiger partial charge in [0.25, 0.3) is 0 Å². The number of aromatic nitrogens is 1. The average Bonchev–Trinajstić information content (AvgIpc) is 2.71. The molecular formula is C22H26N2O2. The van der Waals surface area contributed by atoms with Gasteiger partial charge >= 0.3 is 0 Å². The van der Waals surface area contributed by atoms with Gasteiger partial charge in [-0.05, 0) is 54.0 Å². The van der Waals surface area contributed by atoms with E-state index in [1.54, 1.807) is 13.3 Å². The normalized spacial score (nSPS) is 31.5. The van der Waals surface area contributed by atoms with Gasteiger partial charge < -0.3 is 9.84 Å². The maximum atomic E-state index is 11.3. The fourth-order valence-electron chi connectivity index (χ4n) is 4.82. The summed E-state index contributed by atoms with van der Waals surface area (Å²) in [6.45, 7) is 9.96. The summed E-state index contributed by atoms with van der Waals surface area (Å²) in [5, 5.41) is 12.2. The van der Waals surface area contributed by atoms with Gasteiger partial charge in [-0.1, -0.05) is 12.2 Å². The molecule has 2 bridgehead atoms. The van der Waals surface area contributed by atoms with Gasteiger partial charge in [-0.15, -0.1) is 13.2 Å². The van der Waals surface area contributed by atoms with Crippen molar-refractivity contribution in [3.63, 3.8) is 0 Å². The van der Waals surface area contributed by atoms with E-state index >= 15 is 0 Å². The van der Waals surface area contributed by atoms with Crippen molar-refractivity contribution in [3.05, 3.63) is 61.3 Å². The fraction of sp³-hybridized carbons (Fsp3) is 0.409. The van der Waals surface area contributed by atoms with Crippen LogP contribution in [-0.2, 0) is 0 Å². The first-order chi connectivity index (χ1) is 12.7. The molecule has 0 spiro atoms. The third kappa shape index (κ3) is 2.74. The average molecular weight is 350 g/mol. The summed E-state index contributed by atoms with van der Waals surface area (Å²) >= 11 is 0. The quantitative estimate of drug-likeness (QED) is 0.837. The number of hydrogen-bond acceptors (Lipinski definition) is 4. The van der Waals surface area contributed by atoms with Crippen LogP contribution in [0.25, 0.3) is 10.9 Å². The van der Waals surface area contributed by atoms with Crippen LogP contribution in [0.2, 0.25) is 0 Å². The highest BCUT2D eigenvalue weighted by Gasteiger charge is 2.46. The van der Waals surface area contributed by atoms with Gasteiger partial charge in [0, 0.05) is 30.7 Å². The second-order valence-corrected chi connectivity index (χ2v) is 7.45. The first-order valence-corrected chi connectivity index (χ1v) is 9.26. The van der Waals surface area contributed by atoms with Crippen molar-refractivity contribution in [1.82, 2.24) is 9.88 Å². The minimum Gasteiger partial charge on any atom is -0.497 e. The predicted molar refractivity (Wildman–Crippen MR) is 104 cm³/mol. The Balaban J connectivity index is 1.69. The van der Waals surface area contributed by atoms with Crippen molar-refractivity contribution in [2.75, 3.05) is 20.2 Å². The van der Waals surface area contributed by atoms with E-state index in [1.165, 1.54) is 0 Å². The van der Waals surface area contributed by atoms with E-state index in [0.29, 0.717) is 17.8 Å². The summed E-state index contributed by atoms with van der Waals surface area (Å²) in [7, 11) is 1.66. The molecule has 1 N–H and O–H groups in total. The van der Waals surface area contributed by atoms with E-state index in [1.807, 2.05) is 24.3 Å². The number of ether oxygens (including phenoxy) is 1. The number of aliphatic hydroxyl groups is 1. The van der Waals surface area contributed by atoms with Crippen LogP contribution in [0.3, 0.4) is 0 Å². The van der Waals surface area contributed by atoms with Gasteiger partial charge in [0.05, 0.1) is 18.7 Å². The van der Waals surface area contributed by atoms with Gasteiger partial charge in [0.15, 0.2) is 0 Å². The molecule has 0 amide bonds. The molecule has 3 aliphatic rings. The second kappa shape index (κ2) is 6.86. The SMILES string of the molecule is C=CC1CN2C[C@H](C=C)C1C[C@@H]2[C@@H](O)c1ccnc2ccc(OC)cc12. The zero-order chi connectivity index (χ0) is 18.3. The maximum Gasteiger partial charge on any atom is 0.119 e. The van der Waals surface area contributed by atoms with Crippen molar-refractivity contribution in [2.24, 2.45) is 17.8 Å². The Morgan fingerprint density at radius 2 is 1.96 bits per heavy atom. The zero-order valence-corrected chi connectivity index (χ0v) is 15.2. The molecule has 136 valence electrons. The van der Waals surface area contributed by atoms with Crippen LogP contribution < -0.4 is 4.74 Å². The fourth-order valence-corrected chi connectivity index (χ4v) is 4.82. The summed E-state index contributed by atoms with van der Waals surface area (Å²) < 4.78 is 5.37. The molecule has 4 heteroatoms. The summed E-state index contributed by atoms with van der Waals surface area (Å²) in [5.74, 6) is 2.24. The molecule has 3 fully saturated rings. The van der Waals surface area contributed by atoms with Gasteiger partial charge in [-0.3, -0.25) is 9.88 Å². The van der Waals surface area contributed by atoms with Gasteiger partial charge in [0.2, 0.25) is 0 Å². The molecule has 26 heavy (non-hydrogen) atoms. The van der Waals surface area contributed by atoms with Crippen molar-refractivity contribution in [3.8, 4) is 5.75 Å². The monoisotopic (exact) mass is 350 g/mol. The van der Waals surface area contributed by atoms with Crippen molar-refractivity contribution < 1.29 is 9.84 Å². The molecule has 1 aromatic carbocycles. The van der Waals surface area contributed by atoms with Crippen molar-refractivity contribution >= 4 is 10.9 Å². The number of pyridine rings is 1. The van der Waals surface area contributed by atoms with E-state index in [-0.39, 0.29) is 6.04 Å². The van der Waals surface area contributed by atoms with Crippen molar-refractivity contribution in [1.29, 1.82) is 0 Å².